The molecule has 1 aromatic carbocycles. The number of hydrogen-bond donors (Lipinski definition) is 1. The third-order valence-corrected chi connectivity index (χ3v) is 4.71. The Morgan fingerprint density at radius 3 is 2.62 bits per heavy atom. The first-order chi connectivity index (χ1) is 9.82. The minimum Gasteiger partial charge on any atom is -0.317 e. The van der Waals surface area contributed by atoms with Gasteiger partial charge in [-0.25, -0.2) is 0 Å². The van der Waals surface area contributed by atoms with Gasteiger partial charge in [0, 0.05) is 25.2 Å². The first-order valence-electron chi connectivity index (χ1n) is 7.40. The van der Waals surface area contributed by atoms with Crippen LogP contribution in [-0.4, -0.2) is 30.6 Å². The van der Waals surface area contributed by atoms with E-state index in [1.54, 1.807) is 6.07 Å². The molecule has 1 aromatic rings. The van der Waals surface area contributed by atoms with Crippen LogP contribution in [0, 0.1) is 5.92 Å². The summed E-state index contributed by atoms with van der Waals surface area (Å²) in [6.07, 6.45) is -3.24. The molecular weight excluding hydrogens is 277 g/mol. The van der Waals surface area contributed by atoms with E-state index in [2.05, 4.69) is 24.1 Å². The van der Waals surface area contributed by atoms with Crippen molar-refractivity contribution in [1.82, 2.24) is 10.2 Å². The van der Waals surface area contributed by atoms with Crippen LogP contribution in [0.1, 0.15) is 31.4 Å². The average molecular weight is 300 g/mol. The Labute approximate surface area is 124 Å². The van der Waals surface area contributed by atoms with E-state index in [0.717, 1.165) is 24.6 Å². The molecule has 0 aromatic heterocycles. The summed E-state index contributed by atoms with van der Waals surface area (Å²) in [6, 6.07) is 6.50. The molecule has 2 rings (SSSR count). The van der Waals surface area contributed by atoms with Gasteiger partial charge >= 0.3 is 6.18 Å². The predicted molar refractivity (Wildman–Crippen MR) is 77.9 cm³/mol. The van der Waals surface area contributed by atoms with E-state index >= 15 is 0 Å². The normalized spacial score (nSPS) is 27.8. The van der Waals surface area contributed by atoms with Crippen molar-refractivity contribution in [2.75, 3.05) is 13.6 Å². The second kappa shape index (κ2) is 6.36. The van der Waals surface area contributed by atoms with Gasteiger partial charge in [-0.05, 0) is 37.9 Å². The summed E-state index contributed by atoms with van der Waals surface area (Å²) < 4.78 is 38.3. The van der Waals surface area contributed by atoms with Crippen LogP contribution in [0.5, 0.6) is 0 Å². The van der Waals surface area contributed by atoms with Gasteiger partial charge in [-0.2, -0.15) is 13.2 Å². The fourth-order valence-electron chi connectivity index (χ4n) is 3.15. The number of likely N-dealkylation sites (tertiary alicyclic amines) is 1. The zero-order valence-electron chi connectivity index (χ0n) is 12.7. The predicted octanol–water partition coefficient (Wildman–Crippen LogP) is 3.52. The number of benzene rings is 1. The van der Waals surface area contributed by atoms with Gasteiger partial charge in [0.05, 0.1) is 5.56 Å². The highest BCUT2D eigenvalue weighted by molar-refractivity contribution is 5.25. The number of hydrogen-bond acceptors (Lipinski definition) is 2. The van der Waals surface area contributed by atoms with E-state index in [4.69, 9.17) is 0 Å². The molecule has 1 saturated heterocycles. The van der Waals surface area contributed by atoms with Crippen molar-refractivity contribution in [2.45, 2.75) is 45.1 Å². The molecule has 1 N–H and O–H groups in total. The highest BCUT2D eigenvalue weighted by Crippen LogP contribution is 2.30. The van der Waals surface area contributed by atoms with Crippen LogP contribution in [0.25, 0.3) is 0 Å². The van der Waals surface area contributed by atoms with E-state index in [1.807, 2.05) is 7.05 Å². The molecule has 1 aliphatic rings. The third-order valence-electron chi connectivity index (χ3n) is 4.71. The summed E-state index contributed by atoms with van der Waals surface area (Å²) in [5.74, 6) is 0.481. The maximum Gasteiger partial charge on any atom is 0.416 e. The van der Waals surface area contributed by atoms with E-state index < -0.39 is 11.7 Å². The van der Waals surface area contributed by atoms with Crippen LogP contribution < -0.4 is 5.32 Å². The Balaban J connectivity index is 2.08. The Kier molecular flexibility index (Phi) is 4.94. The Morgan fingerprint density at radius 1 is 1.29 bits per heavy atom. The van der Waals surface area contributed by atoms with Gasteiger partial charge in [0.2, 0.25) is 0 Å². The van der Waals surface area contributed by atoms with Crippen LogP contribution in [0.15, 0.2) is 24.3 Å². The van der Waals surface area contributed by atoms with E-state index in [-0.39, 0.29) is 0 Å². The molecule has 3 unspecified atom stereocenters. The van der Waals surface area contributed by atoms with E-state index in [1.165, 1.54) is 12.1 Å². The maximum absolute atomic E-state index is 12.8. The molecule has 0 spiro atoms. The zero-order chi connectivity index (χ0) is 15.6. The molecule has 1 aliphatic heterocycles. The molecule has 5 heteroatoms. The monoisotopic (exact) mass is 300 g/mol. The summed E-state index contributed by atoms with van der Waals surface area (Å²) in [6.45, 7) is 5.84. The second-order valence-corrected chi connectivity index (χ2v) is 5.95. The fourth-order valence-corrected chi connectivity index (χ4v) is 3.15. The summed E-state index contributed by atoms with van der Waals surface area (Å²) in [5, 5.41) is 3.32. The van der Waals surface area contributed by atoms with Gasteiger partial charge in [-0.3, -0.25) is 4.90 Å². The molecule has 0 bridgehead atoms. The van der Waals surface area contributed by atoms with Crippen molar-refractivity contribution in [3.8, 4) is 0 Å². The van der Waals surface area contributed by atoms with Crippen LogP contribution in [0.3, 0.4) is 0 Å². The lowest BCUT2D eigenvalue weighted by Gasteiger charge is -2.42. The zero-order valence-corrected chi connectivity index (χ0v) is 12.7. The SMILES string of the molecule is CNC1CCN(Cc2cccc(C(F)(F)F)c2)C(C)C1C. The Bertz CT molecular complexity index is 473. The van der Waals surface area contributed by atoms with Crippen molar-refractivity contribution in [3.63, 3.8) is 0 Å². The van der Waals surface area contributed by atoms with Gasteiger partial charge in [-0.15, -0.1) is 0 Å². The largest absolute Gasteiger partial charge is 0.416 e. The Hall–Kier alpha value is -1.07. The minimum absolute atomic E-state index is 0.353. The van der Waals surface area contributed by atoms with E-state index in [0.29, 0.717) is 24.5 Å². The summed E-state index contributed by atoms with van der Waals surface area (Å²) in [5.41, 5.74) is 0.164. The van der Waals surface area contributed by atoms with Crippen LogP contribution in [-0.2, 0) is 12.7 Å². The third kappa shape index (κ3) is 3.77. The van der Waals surface area contributed by atoms with Gasteiger partial charge in [0.15, 0.2) is 0 Å². The molecule has 1 heterocycles. The molecule has 0 aliphatic carbocycles. The first kappa shape index (κ1) is 16.3. The molecule has 0 saturated carbocycles. The molecule has 21 heavy (non-hydrogen) atoms. The van der Waals surface area contributed by atoms with Crippen molar-refractivity contribution >= 4 is 0 Å². The van der Waals surface area contributed by atoms with Gasteiger partial charge in [0.1, 0.15) is 0 Å². The lowest BCUT2D eigenvalue weighted by molar-refractivity contribution is -0.137. The van der Waals surface area contributed by atoms with Crippen LogP contribution >= 0.6 is 0 Å². The van der Waals surface area contributed by atoms with Crippen LogP contribution in [0.2, 0.25) is 0 Å². The van der Waals surface area contributed by atoms with Crippen molar-refractivity contribution in [2.24, 2.45) is 5.92 Å². The number of alkyl halides is 3. The molecule has 1 fully saturated rings. The molecular formula is C16H23F3N2. The van der Waals surface area contributed by atoms with Gasteiger partial charge in [0.25, 0.3) is 0 Å². The standard InChI is InChI=1S/C16H23F3N2/c1-11-12(2)21(8-7-15(11)20-3)10-13-5-4-6-14(9-13)16(17,18)19/h4-6,9,11-12,15,20H,7-8,10H2,1-3H3. The van der Waals surface area contributed by atoms with Crippen molar-refractivity contribution in [1.29, 1.82) is 0 Å². The molecule has 118 valence electrons. The Morgan fingerprint density at radius 2 is 2.00 bits per heavy atom. The molecule has 2 nitrogen and oxygen atoms in total. The van der Waals surface area contributed by atoms with Crippen molar-refractivity contribution in [3.05, 3.63) is 35.4 Å². The molecule has 3 atom stereocenters. The topological polar surface area (TPSA) is 15.3 Å². The number of rotatable bonds is 3. The second-order valence-electron chi connectivity index (χ2n) is 5.95. The fraction of sp³-hybridized carbons (Fsp3) is 0.625. The van der Waals surface area contributed by atoms with E-state index in [9.17, 15) is 13.2 Å². The smallest absolute Gasteiger partial charge is 0.317 e. The van der Waals surface area contributed by atoms with Crippen molar-refractivity contribution < 1.29 is 13.2 Å². The lowest BCUT2D eigenvalue weighted by atomic mass is 9.87. The van der Waals surface area contributed by atoms with Gasteiger partial charge in [-0.1, -0.05) is 25.1 Å². The van der Waals surface area contributed by atoms with Gasteiger partial charge < -0.3 is 5.32 Å². The number of piperidine rings is 1. The number of nitrogens with zero attached hydrogens (tertiary/aromatic N) is 1. The summed E-state index contributed by atoms with van der Waals surface area (Å²) in [4.78, 5) is 2.27. The molecule has 0 radical (unpaired) electrons. The highest BCUT2D eigenvalue weighted by atomic mass is 19.4. The minimum atomic E-state index is -4.27. The maximum atomic E-state index is 12.8. The highest BCUT2D eigenvalue weighted by Gasteiger charge is 2.33. The average Bonchev–Trinajstić information content (AvgIpc) is 2.44. The number of halogens is 3. The first-order valence-corrected chi connectivity index (χ1v) is 7.40. The van der Waals surface area contributed by atoms with Crippen LogP contribution in [0.4, 0.5) is 13.2 Å². The summed E-state index contributed by atoms with van der Waals surface area (Å²) >= 11 is 0. The lowest BCUT2D eigenvalue weighted by Crippen LogP contribution is -2.52. The number of nitrogens with one attached hydrogen (secondary N) is 1. The quantitative estimate of drug-likeness (QED) is 0.919. The molecule has 0 amide bonds. The summed E-state index contributed by atoms with van der Waals surface area (Å²) in [7, 11) is 1.97.